The third-order valence-electron chi connectivity index (χ3n) is 3.42. The van der Waals surface area contributed by atoms with Crippen LogP contribution in [0.3, 0.4) is 0 Å². The Bertz CT molecular complexity index is 724. The third-order valence-corrected chi connectivity index (χ3v) is 3.42. The predicted octanol–water partition coefficient (Wildman–Crippen LogP) is 2.13. The summed E-state index contributed by atoms with van der Waals surface area (Å²) in [5, 5.41) is 3.08. The normalized spacial score (nSPS) is 11.7. The van der Waals surface area contributed by atoms with Gasteiger partial charge in [-0.1, -0.05) is 42.5 Å². The first kappa shape index (κ1) is 19.3. The van der Waals surface area contributed by atoms with Gasteiger partial charge in [-0.05, 0) is 23.3 Å². The lowest BCUT2D eigenvalue weighted by Crippen LogP contribution is -2.45. The van der Waals surface area contributed by atoms with Gasteiger partial charge >= 0.3 is 6.61 Å². The van der Waals surface area contributed by atoms with Crippen LogP contribution in [0, 0.1) is 0 Å². The van der Waals surface area contributed by atoms with E-state index in [1.807, 2.05) is 30.3 Å². The zero-order valence-electron chi connectivity index (χ0n) is 14.0. The second-order valence-corrected chi connectivity index (χ2v) is 5.40. The quantitative estimate of drug-likeness (QED) is 0.659. The van der Waals surface area contributed by atoms with Crippen LogP contribution in [0.5, 0.6) is 5.75 Å². The van der Waals surface area contributed by atoms with Crippen LogP contribution >= 0.6 is 0 Å². The summed E-state index contributed by atoms with van der Waals surface area (Å²) in [4.78, 5) is 22.6. The molecular weight excluding hydrogens is 344 g/mol. The number of nitrogens with one attached hydrogen (secondary N) is 3. The molecule has 0 fully saturated rings. The van der Waals surface area contributed by atoms with Crippen molar-refractivity contribution in [1.29, 1.82) is 0 Å². The molecule has 0 aromatic heterocycles. The lowest BCUT2D eigenvalue weighted by Gasteiger charge is -2.20. The minimum absolute atomic E-state index is 0.0546. The number of carbonyl (C=O) groups excluding carboxylic acids is 2. The summed E-state index contributed by atoms with van der Waals surface area (Å²) >= 11 is 0. The molecule has 0 unspecified atom stereocenters. The Hall–Kier alpha value is -3.00. The minimum Gasteiger partial charge on any atom is -0.435 e. The number of ether oxygens (including phenoxy) is 1. The standard InChI is InChI=1S/C18H19F2N3O3/c1-12(24)22-23-16(25)11-21-17(13-5-3-2-4-6-13)14-7-9-15(10-8-14)26-18(19)20/h2-10,17-18,21H,11H2,1H3,(H,22,24)(H,23,25)/t17-/m0/s1. The number of carbonyl (C=O) groups is 2. The molecule has 1 atom stereocenters. The minimum atomic E-state index is -2.89. The van der Waals surface area contributed by atoms with Crippen LogP contribution in [-0.4, -0.2) is 25.0 Å². The molecule has 0 aliphatic carbocycles. The molecule has 0 aliphatic heterocycles. The average Bonchev–Trinajstić information content (AvgIpc) is 2.62. The van der Waals surface area contributed by atoms with E-state index in [2.05, 4.69) is 20.9 Å². The van der Waals surface area contributed by atoms with Crippen molar-refractivity contribution in [2.24, 2.45) is 0 Å². The van der Waals surface area contributed by atoms with Gasteiger partial charge in [0.25, 0.3) is 5.91 Å². The number of hydrogen-bond donors (Lipinski definition) is 3. The lowest BCUT2D eigenvalue weighted by atomic mass is 9.98. The van der Waals surface area contributed by atoms with Gasteiger partial charge in [-0.15, -0.1) is 0 Å². The van der Waals surface area contributed by atoms with Gasteiger partial charge in [0.1, 0.15) is 5.75 Å². The van der Waals surface area contributed by atoms with E-state index in [0.29, 0.717) is 0 Å². The second-order valence-electron chi connectivity index (χ2n) is 5.40. The van der Waals surface area contributed by atoms with Gasteiger partial charge in [-0.3, -0.25) is 25.8 Å². The van der Waals surface area contributed by atoms with E-state index in [1.54, 1.807) is 12.1 Å². The number of benzene rings is 2. The summed E-state index contributed by atoms with van der Waals surface area (Å²) in [5.74, 6) is -0.745. The van der Waals surface area contributed by atoms with Crippen LogP contribution < -0.4 is 20.9 Å². The van der Waals surface area contributed by atoms with E-state index in [0.717, 1.165) is 11.1 Å². The van der Waals surface area contributed by atoms with E-state index in [-0.39, 0.29) is 24.2 Å². The molecule has 2 amide bonds. The molecule has 2 aromatic rings. The topological polar surface area (TPSA) is 79.5 Å². The molecule has 8 heteroatoms. The molecule has 6 nitrogen and oxygen atoms in total. The van der Waals surface area contributed by atoms with Crippen molar-refractivity contribution in [3.8, 4) is 5.75 Å². The fraction of sp³-hybridized carbons (Fsp3) is 0.222. The Morgan fingerprint density at radius 3 is 2.15 bits per heavy atom. The maximum atomic E-state index is 12.3. The Labute approximate surface area is 149 Å². The van der Waals surface area contributed by atoms with Crippen molar-refractivity contribution in [3.63, 3.8) is 0 Å². The zero-order chi connectivity index (χ0) is 18.9. The first-order chi connectivity index (χ1) is 12.5. The van der Waals surface area contributed by atoms with Crippen LogP contribution in [0.4, 0.5) is 8.78 Å². The number of amides is 2. The zero-order valence-corrected chi connectivity index (χ0v) is 14.0. The largest absolute Gasteiger partial charge is 0.435 e. The van der Waals surface area contributed by atoms with E-state index in [1.165, 1.54) is 19.1 Å². The second kappa shape index (κ2) is 9.47. The molecule has 0 saturated heterocycles. The fourth-order valence-electron chi connectivity index (χ4n) is 2.31. The van der Waals surface area contributed by atoms with Crippen molar-refractivity contribution < 1.29 is 23.1 Å². The number of hydrazine groups is 1. The molecular formula is C18H19F2N3O3. The summed E-state index contributed by atoms with van der Waals surface area (Å²) < 4.78 is 28.9. The summed E-state index contributed by atoms with van der Waals surface area (Å²) in [6.45, 7) is -1.67. The number of alkyl halides is 2. The van der Waals surface area contributed by atoms with Gasteiger partial charge in [0.15, 0.2) is 0 Å². The molecule has 0 spiro atoms. The van der Waals surface area contributed by atoms with Crippen molar-refractivity contribution >= 4 is 11.8 Å². The maximum absolute atomic E-state index is 12.3. The smallest absolute Gasteiger partial charge is 0.387 e. The van der Waals surface area contributed by atoms with Crippen molar-refractivity contribution in [2.75, 3.05) is 6.54 Å². The van der Waals surface area contributed by atoms with Crippen molar-refractivity contribution in [2.45, 2.75) is 19.6 Å². The Morgan fingerprint density at radius 1 is 0.962 bits per heavy atom. The van der Waals surface area contributed by atoms with Crippen LogP contribution in [0.1, 0.15) is 24.1 Å². The highest BCUT2D eigenvalue weighted by molar-refractivity contribution is 5.82. The van der Waals surface area contributed by atoms with Crippen LogP contribution in [0.25, 0.3) is 0 Å². The molecule has 2 rings (SSSR count). The summed E-state index contributed by atoms with van der Waals surface area (Å²) in [5.41, 5.74) is 6.13. The molecule has 0 heterocycles. The molecule has 0 aliphatic rings. The van der Waals surface area contributed by atoms with Gasteiger partial charge in [0, 0.05) is 6.92 Å². The SMILES string of the molecule is CC(=O)NNC(=O)CN[C@@H](c1ccccc1)c1ccc(OC(F)F)cc1. The van der Waals surface area contributed by atoms with Crippen molar-refractivity contribution in [3.05, 3.63) is 65.7 Å². The summed E-state index contributed by atoms with van der Waals surface area (Å²) in [7, 11) is 0. The Balaban J connectivity index is 2.11. The summed E-state index contributed by atoms with van der Waals surface area (Å²) in [6.07, 6.45) is 0. The molecule has 3 N–H and O–H groups in total. The molecule has 138 valence electrons. The Morgan fingerprint density at radius 2 is 1.58 bits per heavy atom. The maximum Gasteiger partial charge on any atom is 0.387 e. The van der Waals surface area contributed by atoms with E-state index in [9.17, 15) is 18.4 Å². The van der Waals surface area contributed by atoms with Crippen LogP contribution in [-0.2, 0) is 9.59 Å². The predicted molar refractivity (Wildman–Crippen MR) is 91.3 cm³/mol. The highest BCUT2D eigenvalue weighted by Gasteiger charge is 2.15. The molecule has 26 heavy (non-hydrogen) atoms. The van der Waals surface area contributed by atoms with Crippen molar-refractivity contribution in [1.82, 2.24) is 16.2 Å². The third kappa shape index (κ3) is 6.14. The molecule has 0 bridgehead atoms. The number of rotatable bonds is 7. The van der Waals surface area contributed by atoms with Gasteiger partial charge < -0.3 is 4.74 Å². The van der Waals surface area contributed by atoms with E-state index >= 15 is 0 Å². The van der Waals surface area contributed by atoms with Gasteiger partial charge in [-0.25, -0.2) is 0 Å². The highest BCUT2D eigenvalue weighted by atomic mass is 19.3. The molecule has 0 saturated carbocycles. The van der Waals surface area contributed by atoms with Gasteiger partial charge in [-0.2, -0.15) is 8.78 Å². The molecule has 0 radical (unpaired) electrons. The highest BCUT2D eigenvalue weighted by Crippen LogP contribution is 2.24. The Kier molecular flexibility index (Phi) is 7.04. The van der Waals surface area contributed by atoms with Gasteiger partial charge in [0.05, 0.1) is 12.6 Å². The molecule has 2 aromatic carbocycles. The fourth-order valence-corrected chi connectivity index (χ4v) is 2.31. The van der Waals surface area contributed by atoms with Crippen LogP contribution in [0.15, 0.2) is 54.6 Å². The number of hydrogen-bond acceptors (Lipinski definition) is 4. The number of halogens is 2. The monoisotopic (exact) mass is 363 g/mol. The summed E-state index contributed by atoms with van der Waals surface area (Å²) in [6, 6.07) is 15.2. The van der Waals surface area contributed by atoms with Gasteiger partial charge in [0.2, 0.25) is 5.91 Å². The van der Waals surface area contributed by atoms with E-state index in [4.69, 9.17) is 0 Å². The first-order valence-corrected chi connectivity index (χ1v) is 7.84. The average molecular weight is 363 g/mol. The first-order valence-electron chi connectivity index (χ1n) is 7.84. The lowest BCUT2D eigenvalue weighted by molar-refractivity contribution is -0.127. The van der Waals surface area contributed by atoms with E-state index < -0.39 is 12.5 Å². The van der Waals surface area contributed by atoms with Crippen LogP contribution in [0.2, 0.25) is 0 Å².